The Balaban J connectivity index is 2.29. The average molecular weight is 243 g/mol. The van der Waals surface area contributed by atoms with Crippen LogP contribution in [-0.2, 0) is 6.42 Å². The van der Waals surface area contributed by atoms with Gasteiger partial charge in [0.25, 0.3) is 0 Å². The van der Waals surface area contributed by atoms with Crippen LogP contribution in [0.15, 0.2) is 24.4 Å². The molecule has 0 unspecified atom stereocenters. The summed E-state index contributed by atoms with van der Waals surface area (Å²) in [6.07, 6.45) is 2.56. The van der Waals surface area contributed by atoms with E-state index in [4.69, 9.17) is 23.2 Å². The summed E-state index contributed by atoms with van der Waals surface area (Å²) in [6, 6.07) is 5.65. The van der Waals surface area contributed by atoms with Crippen molar-refractivity contribution in [1.82, 2.24) is 4.98 Å². The fraction of sp³-hybridized carbons (Fsp3) is 0.100. The van der Waals surface area contributed by atoms with Crippen LogP contribution < -0.4 is 0 Å². The van der Waals surface area contributed by atoms with Crippen molar-refractivity contribution in [3.8, 4) is 0 Å². The predicted octanol–water partition coefficient (Wildman–Crippen LogP) is 3.84. The lowest BCUT2D eigenvalue weighted by molar-refractivity contribution is 1.22. The van der Waals surface area contributed by atoms with Crippen LogP contribution in [0.5, 0.6) is 0 Å². The highest BCUT2D eigenvalue weighted by Crippen LogP contribution is 2.27. The van der Waals surface area contributed by atoms with E-state index in [1.165, 1.54) is 11.3 Å². The smallest absolute Gasteiger partial charge is 0.152 e. The molecule has 1 aromatic carbocycles. The molecule has 4 heteroatoms. The molecule has 0 aliphatic heterocycles. The van der Waals surface area contributed by atoms with E-state index in [1.54, 1.807) is 12.3 Å². The summed E-state index contributed by atoms with van der Waals surface area (Å²) < 4.78 is 0. The van der Waals surface area contributed by atoms with Crippen LogP contribution in [-0.4, -0.2) is 4.98 Å². The van der Waals surface area contributed by atoms with Gasteiger partial charge in [-0.1, -0.05) is 35.3 Å². The molecule has 2 rings (SSSR count). The Hall–Kier alpha value is -0.570. The molecule has 0 N–H and O–H groups in total. The lowest BCUT2D eigenvalue weighted by atomic mass is 10.1. The molecule has 0 amide bonds. The molecule has 0 spiro atoms. The first-order valence-corrected chi connectivity index (χ1v) is 5.58. The van der Waals surface area contributed by atoms with Crippen molar-refractivity contribution >= 4 is 34.5 Å². The zero-order chi connectivity index (χ0) is 9.97. The molecule has 0 atom stereocenters. The number of halogens is 2. The normalized spacial score (nSPS) is 10.4. The van der Waals surface area contributed by atoms with Crippen molar-refractivity contribution in [3.63, 3.8) is 0 Å². The van der Waals surface area contributed by atoms with Gasteiger partial charge in [-0.15, -0.1) is 11.3 Å². The molecule has 1 aromatic heterocycles. The largest absolute Gasteiger partial charge is 0.242 e. The molecule has 71 valence electrons. The number of nitrogens with zero attached hydrogens (tertiary/aromatic N) is 1. The second kappa shape index (κ2) is 4.30. The fourth-order valence-electron chi connectivity index (χ4n) is 1.16. The lowest BCUT2D eigenvalue weighted by Gasteiger charge is -2.02. The third-order valence-electron chi connectivity index (χ3n) is 1.83. The van der Waals surface area contributed by atoms with Crippen LogP contribution >= 0.6 is 34.5 Å². The summed E-state index contributed by atoms with van der Waals surface area (Å²) in [5, 5.41) is 1.22. The Bertz CT molecular complexity index is 426. The zero-order valence-electron chi connectivity index (χ0n) is 7.13. The molecule has 0 saturated heterocycles. The monoisotopic (exact) mass is 242 g/mol. The molecule has 1 radical (unpaired) electrons. The molecular weight excluding hydrogens is 237 g/mol. The van der Waals surface area contributed by atoms with Crippen LogP contribution in [0, 0.1) is 5.51 Å². The maximum absolute atomic E-state index is 6.05. The fourth-order valence-corrected chi connectivity index (χ4v) is 2.11. The predicted molar refractivity (Wildman–Crippen MR) is 60.2 cm³/mol. The van der Waals surface area contributed by atoms with Crippen LogP contribution in [0.3, 0.4) is 0 Å². The quantitative estimate of drug-likeness (QED) is 0.780. The molecule has 0 aliphatic carbocycles. The summed E-state index contributed by atoms with van der Waals surface area (Å²) >= 11 is 13.4. The maximum Gasteiger partial charge on any atom is 0.152 e. The third kappa shape index (κ3) is 2.08. The highest BCUT2D eigenvalue weighted by molar-refractivity contribution is 7.09. The SMILES string of the molecule is Clc1cccc(Cc2cn[c]s2)c1Cl. The van der Waals surface area contributed by atoms with Gasteiger partial charge in [-0.2, -0.15) is 0 Å². The summed E-state index contributed by atoms with van der Waals surface area (Å²) in [7, 11) is 0. The summed E-state index contributed by atoms with van der Waals surface area (Å²) in [5.41, 5.74) is 3.82. The van der Waals surface area contributed by atoms with Crippen molar-refractivity contribution < 1.29 is 0 Å². The van der Waals surface area contributed by atoms with Crippen LogP contribution in [0.1, 0.15) is 10.4 Å². The van der Waals surface area contributed by atoms with Gasteiger partial charge in [-0.3, -0.25) is 0 Å². The molecule has 1 heterocycles. The van der Waals surface area contributed by atoms with E-state index < -0.39 is 0 Å². The minimum atomic E-state index is 0.595. The van der Waals surface area contributed by atoms with Crippen LogP contribution in [0.4, 0.5) is 0 Å². The molecule has 2 aromatic rings. The van der Waals surface area contributed by atoms with Gasteiger partial charge >= 0.3 is 0 Å². The minimum absolute atomic E-state index is 0.595. The van der Waals surface area contributed by atoms with E-state index in [2.05, 4.69) is 10.5 Å². The number of rotatable bonds is 2. The van der Waals surface area contributed by atoms with Gasteiger partial charge in [-0.25, -0.2) is 4.98 Å². The Morgan fingerprint density at radius 1 is 1.36 bits per heavy atom. The number of hydrogen-bond acceptors (Lipinski definition) is 2. The van der Waals surface area contributed by atoms with Gasteiger partial charge in [0.05, 0.1) is 10.0 Å². The number of benzene rings is 1. The van der Waals surface area contributed by atoms with Gasteiger partial charge in [0.1, 0.15) is 0 Å². The summed E-state index contributed by atoms with van der Waals surface area (Å²) in [4.78, 5) is 5.02. The van der Waals surface area contributed by atoms with Gasteiger partial charge in [0, 0.05) is 17.5 Å². The molecule has 0 saturated carbocycles. The third-order valence-corrected chi connectivity index (χ3v) is 3.40. The van der Waals surface area contributed by atoms with Crippen molar-refractivity contribution in [2.24, 2.45) is 0 Å². The topological polar surface area (TPSA) is 12.9 Å². The van der Waals surface area contributed by atoms with Gasteiger partial charge < -0.3 is 0 Å². The van der Waals surface area contributed by atoms with Gasteiger partial charge in [-0.05, 0) is 11.6 Å². The van der Waals surface area contributed by atoms with E-state index in [1.807, 2.05) is 12.1 Å². The Labute approximate surface area is 96.3 Å². The van der Waals surface area contributed by atoms with E-state index in [0.717, 1.165) is 16.9 Å². The minimum Gasteiger partial charge on any atom is -0.242 e. The van der Waals surface area contributed by atoms with Gasteiger partial charge in [0.2, 0.25) is 0 Å². The van der Waals surface area contributed by atoms with E-state index >= 15 is 0 Å². The summed E-state index contributed by atoms with van der Waals surface area (Å²) in [5.74, 6) is 0. The van der Waals surface area contributed by atoms with Crippen molar-refractivity contribution in [3.05, 3.63) is 50.4 Å². The van der Waals surface area contributed by atoms with Crippen molar-refractivity contribution in [2.45, 2.75) is 6.42 Å². The van der Waals surface area contributed by atoms with Crippen molar-refractivity contribution in [1.29, 1.82) is 0 Å². The van der Waals surface area contributed by atoms with Gasteiger partial charge in [0.15, 0.2) is 5.51 Å². The molecule has 0 aliphatic rings. The number of thiazole rings is 1. The Morgan fingerprint density at radius 3 is 2.93 bits per heavy atom. The maximum atomic E-state index is 6.05. The van der Waals surface area contributed by atoms with Crippen LogP contribution in [0.2, 0.25) is 10.0 Å². The summed E-state index contributed by atoms with van der Waals surface area (Å²) in [6.45, 7) is 0. The Kier molecular flexibility index (Phi) is 3.06. The van der Waals surface area contributed by atoms with Crippen LogP contribution in [0.25, 0.3) is 0 Å². The lowest BCUT2D eigenvalue weighted by Crippen LogP contribution is -1.86. The van der Waals surface area contributed by atoms with E-state index in [9.17, 15) is 0 Å². The molecule has 0 fully saturated rings. The highest BCUT2D eigenvalue weighted by Gasteiger charge is 2.05. The second-order valence-electron chi connectivity index (χ2n) is 2.81. The molecule has 0 bridgehead atoms. The van der Waals surface area contributed by atoms with Crippen molar-refractivity contribution in [2.75, 3.05) is 0 Å². The number of aromatic nitrogens is 1. The average Bonchev–Trinajstić information content (AvgIpc) is 2.66. The molecule has 1 nitrogen and oxygen atoms in total. The first kappa shape index (κ1) is 9.97. The highest BCUT2D eigenvalue weighted by atomic mass is 35.5. The molecular formula is C10H6Cl2NS. The number of hydrogen-bond donors (Lipinski definition) is 0. The first-order valence-electron chi connectivity index (χ1n) is 4.01. The molecule has 14 heavy (non-hydrogen) atoms. The first-order chi connectivity index (χ1) is 6.77. The Morgan fingerprint density at radius 2 is 2.21 bits per heavy atom. The van der Waals surface area contributed by atoms with E-state index in [-0.39, 0.29) is 0 Å². The second-order valence-corrected chi connectivity index (χ2v) is 4.50. The van der Waals surface area contributed by atoms with E-state index in [0.29, 0.717) is 10.0 Å². The standard InChI is InChI=1S/C10H6Cl2NS/c11-9-3-1-2-7(10(9)12)4-8-5-13-6-14-8/h1-3,5H,4H2. The zero-order valence-corrected chi connectivity index (χ0v) is 9.46.